The average Bonchev–Trinajstić information content (AvgIpc) is 2.54. The summed E-state index contributed by atoms with van der Waals surface area (Å²) in [6.45, 7) is 1.64. The highest BCUT2D eigenvalue weighted by atomic mass is 19.1. The summed E-state index contributed by atoms with van der Waals surface area (Å²) in [5.74, 6) is -1.27. The minimum Gasteiger partial charge on any atom is -0.493 e. The minimum absolute atomic E-state index is 0.179. The average molecular weight is 318 g/mol. The number of hydrogen-bond donors (Lipinski definition) is 1. The third-order valence-corrected chi connectivity index (χ3v) is 3.80. The second-order valence-corrected chi connectivity index (χ2v) is 5.26. The van der Waals surface area contributed by atoms with Gasteiger partial charge in [-0.25, -0.2) is 4.39 Å². The van der Waals surface area contributed by atoms with E-state index in [2.05, 4.69) is 0 Å². The molecule has 122 valence electrons. The van der Waals surface area contributed by atoms with Crippen LogP contribution < -0.4 is 9.47 Å². The molecule has 23 heavy (non-hydrogen) atoms. The molecule has 0 saturated carbocycles. The van der Waals surface area contributed by atoms with Gasteiger partial charge in [-0.15, -0.1) is 0 Å². The number of carbonyl (C=O) groups is 1. The Kier molecular flexibility index (Phi) is 5.21. The number of carboxylic acid groups (broad SMARTS) is 1. The number of carboxylic acids is 1. The molecule has 1 unspecified atom stereocenters. The second-order valence-electron chi connectivity index (χ2n) is 5.26. The van der Waals surface area contributed by atoms with Crippen molar-refractivity contribution in [2.45, 2.75) is 19.3 Å². The predicted molar refractivity (Wildman–Crippen MR) is 84.8 cm³/mol. The van der Waals surface area contributed by atoms with Crippen molar-refractivity contribution in [1.82, 2.24) is 0 Å². The van der Waals surface area contributed by atoms with Crippen LogP contribution >= 0.6 is 0 Å². The van der Waals surface area contributed by atoms with Crippen LogP contribution in [0.3, 0.4) is 0 Å². The third-order valence-electron chi connectivity index (χ3n) is 3.80. The molecule has 0 fully saturated rings. The number of rotatable bonds is 6. The lowest BCUT2D eigenvalue weighted by Gasteiger charge is -2.17. The maximum atomic E-state index is 13.8. The zero-order chi connectivity index (χ0) is 17.0. The molecular formula is C18H19FO4. The van der Waals surface area contributed by atoms with Gasteiger partial charge in [0.25, 0.3) is 0 Å². The summed E-state index contributed by atoms with van der Waals surface area (Å²) in [6.07, 6.45) is 0.179. The largest absolute Gasteiger partial charge is 0.493 e. The Morgan fingerprint density at radius 1 is 1.22 bits per heavy atom. The summed E-state index contributed by atoms with van der Waals surface area (Å²) in [7, 11) is 3.02. The fourth-order valence-electron chi connectivity index (χ4n) is 2.51. The van der Waals surface area contributed by atoms with Crippen molar-refractivity contribution in [3.8, 4) is 11.5 Å². The van der Waals surface area contributed by atoms with E-state index < -0.39 is 17.7 Å². The van der Waals surface area contributed by atoms with Crippen molar-refractivity contribution in [3.05, 3.63) is 58.9 Å². The first-order valence-electron chi connectivity index (χ1n) is 7.16. The van der Waals surface area contributed by atoms with Crippen LogP contribution in [-0.4, -0.2) is 25.3 Å². The van der Waals surface area contributed by atoms with Gasteiger partial charge in [-0.1, -0.05) is 24.3 Å². The molecular weight excluding hydrogens is 299 g/mol. The lowest BCUT2D eigenvalue weighted by Crippen LogP contribution is -2.15. The Bertz CT molecular complexity index is 712. The molecule has 0 heterocycles. The molecule has 2 rings (SSSR count). The van der Waals surface area contributed by atoms with Crippen LogP contribution in [0, 0.1) is 12.7 Å². The van der Waals surface area contributed by atoms with Crippen LogP contribution in [0.15, 0.2) is 36.4 Å². The monoisotopic (exact) mass is 318 g/mol. The van der Waals surface area contributed by atoms with Gasteiger partial charge < -0.3 is 14.6 Å². The summed E-state index contributed by atoms with van der Waals surface area (Å²) in [4.78, 5) is 11.7. The van der Waals surface area contributed by atoms with Crippen LogP contribution in [0.1, 0.15) is 22.6 Å². The highest BCUT2D eigenvalue weighted by molar-refractivity contribution is 5.77. The number of halogens is 1. The zero-order valence-electron chi connectivity index (χ0n) is 13.3. The lowest BCUT2D eigenvalue weighted by molar-refractivity contribution is -0.138. The Labute approximate surface area is 134 Å². The van der Waals surface area contributed by atoms with Gasteiger partial charge >= 0.3 is 5.97 Å². The molecule has 1 N–H and O–H groups in total. The van der Waals surface area contributed by atoms with E-state index in [1.165, 1.54) is 20.3 Å². The van der Waals surface area contributed by atoms with E-state index in [9.17, 15) is 14.3 Å². The van der Waals surface area contributed by atoms with Crippen molar-refractivity contribution >= 4 is 5.97 Å². The van der Waals surface area contributed by atoms with Gasteiger partial charge in [-0.2, -0.15) is 0 Å². The van der Waals surface area contributed by atoms with Crippen LogP contribution in [-0.2, 0) is 11.2 Å². The molecule has 0 bridgehead atoms. The molecule has 1 atom stereocenters. The molecule has 4 nitrogen and oxygen atoms in total. The van der Waals surface area contributed by atoms with Gasteiger partial charge in [-0.3, -0.25) is 4.79 Å². The molecule has 2 aromatic rings. The number of ether oxygens (including phenoxy) is 2. The van der Waals surface area contributed by atoms with Crippen LogP contribution in [0.25, 0.3) is 0 Å². The van der Waals surface area contributed by atoms with E-state index in [1.807, 2.05) is 0 Å². The quantitative estimate of drug-likeness (QED) is 0.885. The lowest BCUT2D eigenvalue weighted by atomic mass is 9.91. The molecule has 0 aliphatic heterocycles. The van der Waals surface area contributed by atoms with Crippen molar-refractivity contribution in [2.75, 3.05) is 14.2 Å². The minimum atomic E-state index is -1.02. The van der Waals surface area contributed by atoms with Crippen molar-refractivity contribution < 1.29 is 23.8 Å². The molecule has 0 aliphatic carbocycles. The van der Waals surface area contributed by atoms with E-state index in [0.717, 1.165) is 0 Å². The number of aryl methyl sites for hydroxylation is 1. The maximum Gasteiger partial charge on any atom is 0.311 e. The Morgan fingerprint density at radius 2 is 1.96 bits per heavy atom. The molecule has 2 aromatic carbocycles. The first-order chi connectivity index (χ1) is 11.0. The summed E-state index contributed by atoms with van der Waals surface area (Å²) < 4.78 is 24.3. The number of aliphatic carboxylic acids is 1. The van der Waals surface area contributed by atoms with Crippen LogP contribution in [0.5, 0.6) is 11.5 Å². The Morgan fingerprint density at radius 3 is 2.52 bits per heavy atom. The van der Waals surface area contributed by atoms with Gasteiger partial charge in [0.2, 0.25) is 0 Å². The molecule has 0 aromatic heterocycles. The van der Waals surface area contributed by atoms with Gasteiger partial charge in [0.05, 0.1) is 20.1 Å². The molecule has 0 saturated heterocycles. The first kappa shape index (κ1) is 16.8. The number of hydrogen-bond acceptors (Lipinski definition) is 3. The van der Waals surface area contributed by atoms with Crippen molar-refractivity contribution in [1.29, 1.82) is 0 Å². The highest BCUT2D eigenvalue weighted by Gasteiger charge is 2.23. The molecule has 0 spiro atoms. The standard InChI is InChI=1S/C18H19FO4/c1-11-7-8-12(10-15(11)19)14(18(20)21)9-13-5-4-6-16(22-2)17(13)23-3/h4-8,10,14H,9H2,1-3H3,(H,20,21). The molecule has 0 amide bonds. The van der Waals surface area contributed by atoms with Gasteiger partial charge in [0.1, 0.15) is 5.82 Å². The Hall–Kier alpha value is -2.56. The van der Waals surface area contributed by atoms with E-state index >= 15 is 0 Å². The zero-order valence-corrected chi connectivity index (χ0v) is 13.3. The van der Waals surface area contributed by atoms with Gasteiger partial charge in [-0.05, 0) is 42.2 Å². The molecule has 0 aliphatic rings. The van der Waals surface area contributed by atoms with Gasteiger partial charge in [0.15, 0.2) is 11.5 Å². The number of methoxy groups -OCH3 is 2. The maximum absolute atomic E-state index is 13.8. The van der Waals surface area contributed by atoms with Crippen molar-refractivity contribution in [3.63, 3.8) is 0 Å². The topological polar surface area (TPSA) is 55.8 Å². The normalized spacial score (nSPS) is 11.8. The van der Waals surface area contributed by atoms with E-state index in [4.69, 9.17) is 9.47 Å². The predicted octanol–water partition coefficient (Wildman–Crippen LogP) is 3.56. The first-order valence-corrected chi connectivity index (χ1v) is 7.16. The summed E-state index contributed by atoms with van der Waals surface area (Å²) in [5.41, 5.74) is 1.60. The fourth-order valence-corrected chi connectivity index (χ4v) is 2.51. The van der Waals surface area contributed by atoms with E-state index in [-0.39, 0.29) is 6.42 Å². The summed E-state index contributed by atoms with van der Waals surface area (Å²) in [6, 6.07) is 9.80. The van der Waals surface area contributed by atoms with E-state index in [0.29, 0.717) is 28.2 Å². The Balaban J connectivity index is 2.41. The van der Waals surface area contributed by atoms with Crippen LogP contribution in [0.2, 0.25) is 0 Å². The summed E-state index contributed by atoms with van der Waals surface area (Å²) >= 11 is 0. The smallest absolute Gasteiger partial charge is 0.311 e. The number of benzene rings is 2. The summed E-state index contributed by atoms with van der Waals surface area (Å²) in [5, 5.41) is 9.54. The number of para-hydroxylation sites is 1. The van der Waals surface area contributed by atoms with Gasteiger partial charge in [0, 0.05) is 0 Å². The molecule has 0 radical (unpaired) electrons. The fraction of sp³-hybridized carbons (Fsp3) is 0.278. The second kappa shape index (κ2) is 7.13. The van der Waals surface area contributed by atoms with E-state index in [1.54, 1.807) is 37.3 Å². The SMILES string of the molecule is COc1cccc(CC(C(=O)O)c2ccc(C)c(F)c2)c1OC. The third kappa shape index (κ3) is 3.62. The van der Waals surface area contributed by atoms with Crippen molar-refractivity contribution in [2.24, 2.45) is 0 Å². The highest BCUT2D eigenvalue weighted by Crippen LogP contribution is 2.34. The van der Waals surface area contributed by atoms with Crippen LogP contribution in [0.4, 0.5) is 4.39 Å². The molecule has 5 heteroatoms.